The topological polar surface area (TPSA) is 71.8 Å². The number of rotatable bonds is 0. The molecular weight excluding hydrogens is 225 g/mol. The van der Waals surface area contributed by atoms with Crippen LogP contribution in [-0.2, 0) is 0 Å². The second-order valence-corrected chi connectivity index (χ2v) is 3.58. The van der Waals surface area contributed by atoms with Crippen LogP contribution >= 0.6 is 23.2 Å². The maximum atomic E-state index is 11.1. The number of fused-ring (bicyclic) bond motifs is 1. The van der Waals surface area contributed by atoms with E-state index in [-0.39, 0.29) is 5.82 Å². The molecule has 0 saturated carbocycles. The van der Waals surface area contributed by atoms with Crippen molar-refractivity contribution in [1.82, 2.24) is 9.97 Å². The summed E-state index contributed by atoms with van der Waals surface area (Å²) in [5.74, 6) is -0.110. The van der Waals surface area contributed by atoms with Gasteiger partial charge in [-0.15, -0.1) is 0 Å². The molecule has 2 rings (SSSR count). The van der Waals surface area contributed by atoms with E-state index < -0.39 is 5.56 Å². The van der Waals surface area contributed by atoms with E-state index >= 15 is 0 Å². The highest BCUT2D eigenvalue weighted by Gasteiger charge is 2.05. The van der Waals surface area contributed by atoms with Crippen molar-refractivity contribution in [3.8, 4) is 0 Å². The maximum Gasteiger partial charge on any atom is 0.290 e. The molecular formula is C8H5Cl2N3O. The highest BCUT2D eigenvalue weighted by Crippen LogP contribution is 2.24. The lowest BCUT2D eigenvalue weighted by Gasteiger charge is -2.01. The smallest absolute Gasteiger partial charge is 0.290 e. The summed E-state index contributed by atoms with van der Waals surface area (Å²) in [6.07, 6.45) is 0. The molecule has 0 spiro atoms. The SMILES string of the molecule is Nc1nc2c(Cl)cc(Cl)cc2[nH]c1=O. The van der Waals surface area contributed by atoms with Crippen molar-refractivity contribution in [2.45, 2.75) is 0 Å². The van der Waals surface area contributed by atoms with Crippen molar-refractivity contribution >= 4 is 40.1 Å². The number of benzene rings is 1. The molecule has 0 radical (unpaired) electrons. The third kappa shape index (κ3) is 1.42. The Morgan fingerprint density at radius 1 is 1.36 bits per heavy atom. The molecule has 1 aromatic heterocycles. The largest absolute Gasteiger partial charge is 0.379 e. The van der Waals surface area contributed by atoms with E-state index in [1.54, 1.807) is 6.07 Å². The van der Waals surface area contributed by atoms with Crippen molar-refractivity contribution in [3.05, 3.63) is 32.5 Å². The van der Waals surface area contributed by atoms with E-state index in [0.717, 1.165) is 0 Å². The predicted octanol–water partition coefficient (Wildman–Crippen LogP) is 1.81. The molecule has 0 fully saturated rings. The van der Waals surface area contributed by atoms with Gasteiger partial charge < -0.3 is 10.7 Å². The summed E-state index contributed by atoms with van der Waals surface area (Å²) < 4.78 is 0. The van der Waals surface area contributed by atoms with Crippen LogP contribution in [0, 0.1) is 0 Å². The van der Waals surface area contributed by atoms with Gasteiger partial charge in [-0.2, -0.15) is 0 Å². The predicted molar refractivity (Wildman–Crippen MR) is 56.8 cm³/mol. The van der Waals surface area contributed by atoms with Crippen molar-refractivity contribution in [1.29, 1.82) is 0 Å². The molecule has 0 bridgehead atoms. The van der Waals surface area contributed by atoms with E-state index in [1.807, 2.05) is 0 Å². The molecule has 0 aliphatic heterocycles. The standard InChI is InChI=1S/C8H5Cl2N3O/c9-3-1-4(10)6-5(2-3)12-8(14)7(11)13-6/h1-2H,(H2,11,13)(H,12,14). The molecule has 1 heterocycles. The van der Waals surface area contributed by atoms with Gasteiger partial charge in [-0.25, -0.2) is 4.98 Å². The minimum atomic E-state index is -0.448. The molecule has 0 unspecified atom stereocenters. The van der Waals surface area contributed by atoms with Crippen molar-refractivity contribution in [2.24, 2.45) is 0 Å². The second-order valence-electron chi connectivity index (χ2n) is 2.73. The van der Waals surface area contributed by atoms with Gasteiger partial charge in [-0.05, 0) is 12.1 Å². The number of nitrogens with zero attached hydrogens (tertiary/aromatic N) is 1. The Hall–Kier alpha value is -1.26. The second kappa shape index (κ2) is 3.15. The van der Waals surface area contributed by atoms with E-state index in [4.69, 9.17) is 28.9 Å². The van der Waals surface area contributed by atoms with Gasteiger partial charge in [0.1, 0.15) is 5.52 Å². The summed E-state index contributed by atoms with van der Waals surface area (Å²) in [6.45, 7) is 0. The minimum Gasteiger partial charge on any atom is -0.379 e. The van der Waals surface area contributed by atoms with Gasteiger partial charge in [0.05, 0.1) is 10.5 Å². The van der Waals surface area contributed by atoms with Crippen LogP contribution in [0.15, 0.2) is 16.9 Å². The zero-order valence-corrected chi connectivity index (χ0v) is 8.36. The summed E-state index contributed by atoms with van der Waals surface area (Å²) >= 11 is 11.6. The number of anilines is 1. The highest BCUT2D eigenvalue weighted by molar-refractivity contribution is 6.38. The van der Waals surface area contributed by atoms with Crippen LogP contribution in [0.3, 0.4) is 0 Å². The lowest BCUT2D eigenvalue weighted by molar-refractivity contribution is 1.23. The maximum absolute atomic E-state index is 11.1. The molecule has 6 heteroatoms. The van der Waals surface area contributed by atoms with Crippen LogP contribution < -0.4 is 11.3 Å². The molecule has 72 valence electrons. The van der Waals surface area contributed by atoms with Gasteiger partial charge in [0.2, 0.25) is 0 Å². The average Bonchev–Trinajstić information content (AvgIpc) is 2.08. The van der Waals surface area contributed by atoms with E-state index in [2.05, 4.69) is 9.97 Å². The molecule has 0 amide bonds. The first-order chi connectivity index (χ1) is 6.58. The third-order valence-corrected chi connectivity index (χ3v) is 2.25. The Morgan fingerprint density at radius 3 is 2.79 bits per heavy atom. The molecule has 1 aromatic carbocycles. The van der Waals surface area contributed by atoms with Gasteiger partial charge in [-0.1, -0.05) is 23.2 Å². The van der Waals surface area contributed by atoms with Crippen LogP contribution in [-0.4, -0.2) is 9.97 Å². The number of hydrogen-bond donors (Lipinski definition) is 2. The van der Waals surface area contributed by atoms with Gasteiger partial charge >= 0.3 is 0 Å². The Morgan fingerprint density at radius 2 is 2.07 bits per heavy atom. The number of halogens is 2. The molecule has 14 heavy (non-hydrogen) atoms. The Kier molecular flexibility index (Phi) is 2.09. The first-order valence-electron chi connectivity index (χ1n) is 3.72. The van der Waals surface area contributed by atoms with Crippen molar-refractivity contribution < 1.29 is 0 Å². The third-order valence-electron chi connectivity index (χ3n) is 1.74. The summed E-state index contributed by atoms with van der Waals surface area (Å²) in [5, 5.41) is 0.792. The summed E-state index contributed by atoms with van der Waals surface area (Å²) in [7, 11) is 0. The molecule has 0 saturated heterocycles. The summed E-state index contributed by atoms with van der Waals surface area (Å²) in [4.78, 5) is 17.5. The lowest BCUT2D eigenvalue weighted by atomic mass is 10.3. The first-order valence-corrected chi connectivity index (χ1v) is 4.48. The van der Waals surface area contributed by atoms with Crippen molar-refractivity contribution in [3.63, 3.8) is 0 Å². The van der Waals surface area contributed by atoms with E-state index in [1.165, 1.54) is 6.07 Å². The van der Waals surface area contributed by atoms with Gasteiger partial charge in [0.15, 0.2) is 5.82 Å². The summed E-state index contributed by atoms with van der Waals surface area (Å²) in [6, 6.07) is 3.10. The fraction of sp³-hybridized carbons (Fsp3) is 0. The van der Waals surface area contributed by atoms with Gasteiger partial charge in [0, 0.05) is 5.02 Å². The lowest BCUT2D eigenvalue weighted by Crippen LogP contribution is -2.13. The number of H-pyrrole nitrogens is 1. The van der Waals surface area contributed by atoms with E-state index in [0.29, 0.717) is 21.1 Å². The van der Waals surface area contributed by atoms with Crippen LogP contribution in [0.5, 0.6) is 0 Å². The number of hydrogen-bond acceptors (Lipinski definition) is 3. The molecule has 4 nitrogen and oxygen atoms in total. The molecule has 0 atom stereocenters. The fourth-order valence-electron chi connectivity index (χ4n) is 1.13. The number of nitrogen functional groups attached to an aromatic ring is 1. The van der Waals surface area contributed by atoms with Crippen LogP contribution in [0.4, 0.5) is 5.82 Å². The average molecular weight is 230 g/mol. The van der Waals surface area contributed by atoms with Crippen LogP contribution in [0.25, 0.3) is 11.0 Å². The van der Waals surface area contributed by atoms with Gasteiger partial charge in [0.25, 0.3) is 5.56 Å². The number of nitrogens with one attached hydrogen (secondary N) is 1. The first kappa shape index (κ1) is 9.30. The minimum absolute atomic E-state index is 0.110. The number of aromatic nitrogens is 2. The van der Waals surface area contributed by atoms with Gasteiger partial charge in [-0.3, -0.25) is 4.79 Å². The van der Waals surface area contributed by atoms with Crippen molar-refractivity contribution in [2.75, 3.05) is 5.73 Å². The number of aromatic amines is 1. The Labute approximate surface area is 88.7 Å². The zero-order valence-electron chi connectivity index (χ0n) is 6.84. The molecule has 3 N–H and O–H groups in total. The molecule has 2 aromatic rings. The molecule has 0 aliphatic carbocycles. The monoisotopic (exact) mass is 229 g/mol. The zero-order chi connectivity index (χ0) is 10.3. The number of nitrogens with two attached hydrogens (primary N) is 1. The Bertz CT molecular complexity index is 564. The Balaban J connectivity index is 2.96. The quantitative estimate of drug-likeness (QED) is 0.724. The fourth-order valence-corrected chi connectivity index (χ4v) is 1.67. The normalized spacial score (nSPS) is 10.7. The highest BCUT2D eigenvalue weighted by atomic mass is 35.5. The van der Waals surface area contributed by atoms with Crippen LogP contribution in [0.1, 0.15) is 0 Å². The van der Waals surface area contributed by atoms with Crippen LogP contribution in [0.2, 0.25) is 10.0 Å². The summed E-state index contributed by atoms with van der Waals surface area (Å²) in [5.41, 5.74) is 5.81. The molecule has 0 aliphatic rings. The van der Waals surface area contributed by atoms with E-state index in [9.17, 15) is 4.79 Å².